The van der Waals surface area contributed by atoms with Gasteiger partial charge in [0, 0.05) is 23.2 Å². The number of ether oxygens (including phenoxy) is 3. The number of nitrogens with zero attached hydrogens (tertiary/aromatic N) is 1. The van der Waals surface area contributed by atoms with E-state index in [0.717, 1.165) is 28.3 Å². The van der Waals surface area contributed by atoms with E-state index in [1.165, 1.54) is 30.3 Å². The molecule has 0 aliphatic carbocycles. The van der Waals surface area contributed by atoms with Gasteiger partial charge in [0.05, 0.1) is 4.90 Å². The molecular weight excluding hydrogens is 730 g/mol. The molecule has 0 aliphatic rings. The zero-order valence-corrected chi connectivity index (χ0v) is 32.0. The SMILES string of the molecule is CC(C)(C)OC(=O)N(c1cc(OC[C@@H](O)CNCCc2ccc(OCP(=O)(c3ccccc3)c3ccccc3)cc2)ccc1F)S(=O)(=O)c1ccccc1. The minimum Gasteiger partial charge on any atom is -0.491 e. The normalized spacial score (nSPS) is 12.5. The third-order valence-corrected chi connectivity index (χ3v) is 12.5. The highest BCUT2D eigenvalue weighted by molar-refractivity contribution is 7.93. The van der Waals surface area contributed by atoms with Crippen LogP contribution in [0.25, 0.3) is 0 Å². The molecule has 0 heterocycles. The average molecular weight is 775 g/mol. The quantitative estimate of drug-likeness (QED) is 0.0814. The molecule has 0 fully saturated rings. The predicted molar refractivity (Wildman–Crippen MR) is 209 cm³/mol. The van der Waals surface area contributed by atoms with Crippen LogP contribution in [0.3, 0.4) is 0 Å². The van der Waals surface area contributed by atoms with Crippen LogP contribution >= 0.6 is 7.14 Å². The monoisotopic (exact) mass is 774 g/mol. The topological polar surface area (TPSA) is 131 Å². The van der Waals surface area contributed by atoms with E-state index in [1.54, 1.807) is 26.8 Å². The maximum atomic E-state index is 15.2. The number of carbonyl (C=O) groups excluding carboxylic acids is 1. The van der Waals surface area contributed by atoms with Crippen LogP contribution in [0.15, 0.2) is 138 Å². The number of hydrogen-bond donors (Lipinski definition) is 2. The number of carbonyl (C=O) groups is 1. The molecule has 5 aromatic rings. The van der Waals surface area contributed by atoms with Crippen LogP contribution in [-0.2, 0) is 25.7 Å². The van der Waals surface area contributed by atoms with E-state index in [0.29, 0.717) is 18.7 Å². The molecule has 10 nitrogen and oxygen atoms in total. The van der Waals surface area contributed by atoms with Crippen LogP contribution in [0.2, 0.25) is 0 Å². The highest BCUT2D eigenvalue weighted by Gasteiger charge is 2.37. The van der Waals surface area contributed by atoms with Gasteiger partial charge in [-0.3, -0.25) is 0 Å². The zero-order chi connectivity index (χ0) is 38.8. The standard InChI is InChI=1S/C41H44FN2O8PS/c1-41(2,3)52-40(46)44(54(48,49)37-17-11-6-12-18-37)39-27-34(23-24-38(39)42)50-29-32(45)28-43-26-25-31-19-21-33(22-20-31)51-30-53(47,35-13-7-4-8-14-35)36-15-9-5-10-16-36/h4-24,27,32,43,45H,25-26,28-30H2,1-3H3/t32-/m0/s1. The highest BCUT2D eigenvalue weighted by atomic mass is 32.2. The molecule has 13 heteroatoms. The Kier molecular flexibility index (Phi) is 13.3. The summed E-state index contributed by atoms with van der Waals surface area (Å²) in [5.74, 6) is -0.357. The lowest BCUT2D eigenvalue weighted by atomic mass is 10.1. The van der Waals surface area contributed by atoms with E-state index in [1.807, 2.05) is 84.9 Å². The summed E-state index contributed by atoms with van der Waals surface area (Å²) in [7, 11) is -7.61. The second-order valence-corrected chi connectivity index (χ2v) is 18.0. The van der Waals surface area contributed by atoms with Crippen LogP contribution in [0.1, 0.15) is 26.3 Å². The first-order chi connectivity index (χ1) is 25.8. The molecule has 54 heavy (non-hydrogen) atoms. The van der Waals surface area contributed by atoms with Gasteiger partial charge in [-0.2, -0.15) is 4.31 Å². The number of nitrogens with one attached hydrogen (secondary N) is 1. The molecule has 0 radical (unpaired) electrons. The Balaban J connectivity index is 1.13. The van der Waals surface area contributed by atoms with Gasteiger partial charge in [-0.25, -0.2) is 17.6 Å². The molecular formula is C41H44FN2O8PS. The van der Waals surface area contributed by atoms with Crippen molar-refractivity contribution >= 4 is 39.6 Å². The van der Waals surface area contributed by atoms with Crippen molar-refractivity contribution in [3.05, 3.63) is 145 Å². The van der Waals surface area contributed by atoms with Gasteiger partial charge in [0.25, 0.3) is 10.0 Å². The van der Waals surface area contributed by atoms with Gasteiger partial charge < -0.3 is 29.2 Å². The summed E-state index contributed by atoms with van der Waals surface area (Å²) in [6, 6.07) is 36.7. The van der Waals surface area contributed by atoms with Crippen molar-refractivity contribution in [3.8, 4) is 11.5 Å². The first-order valence-corrected chi connectivity index (χ1v) is 20.7. The number of hydrogen-bond acceptors (Lipinski definition) is 9. The third kappa shape index (κ3) is 10.6. The maximum absolute atomic E-state index is 15.2. The minimum atomic E-state index is -4.58. The lowest BCUT2D eigenvalue weighted by Gasteiger charge is -2.27. The van der Waals surface area contributed by atoms with Crippen molar-refractivity contribution in [2.45, 2.75) is 43.8 Å². The number of halogens is 1. The predicted octanol–water partition coefficient (Wildman–Crippen LogP) is 6.88. The van der Waals surface area contributed by atoms with Crippen LogP contribution in [-0.4, -0.2) is 57.4 Å². The Morgan fingerprint density at radius 2 is 1.37 bits per heavy atom. The number of anilines is 1. The number of aliphatic hydroxyl groups is 1. The number of sulfonamides is 1. The number of amides is 1. The molecule has 0 saturated heterocycles. The van der Waals surface area contributed by atoms with Crippen LogP contribution < -0.4 is 29.7 Å². The fourth-order valence-electron chi connectivity index (χ4n) is 5.37. The molecule has 0 aliphatic heterocycles. The van der Waals surface area contributed by atoms with E-state index in [-0.39, 0.29) is 34.4 Å². The van der Waals surface area contributed by atoms with Crippen molar-refractivity contribution in [1.82, 2.24) is 5.32 Å². The van der Waals surface area contributed by atoms with E-state index in [4.69, 9.17) is 14.2 Å². The molecule has 5 rings (SSSR count). The molecule has 1 atom stereocenters. The second-order valence-electron chi connectivity index (χ2n) is 13.4. The zero-order valence-electron chi connectivity index (χ0n) is 30.3. The van der Waals surface area contributed by atoms with Crippen molar-refractivity contribution in [3.63, 3.8) is 0 Å². The fraction of sp³-hybridized carbons (Fsp3) is 0.244. The number of benzene rings is 5. The van der Waals surface area contributed by atoms with E-state index in [9.17, 15) is 22.9 Å². The van der Waals surface area contributed by atoms with Gasteiger partial charge in [-0.1, -0.05) is 91.0 Å². The fourth-order valence-corrected chi connectivity index (χ4v) is 8.95. The molecule has 0 spiro atoms. The lowest BCUT2D eigenvalue weighted by Crippen LogP contribution is -2.41. The molecule has 284 valence electrons. The smallest absolute Gasteiger partial charge is 0.429 e. The summed E-state index contributed by atoms with van der Waals surface area (Å²) in [6.45, 7) is 5.22. The lowest BCUT2D eigenvalue weighted by molar-refractivity contribution is 0.0607. The summed E-state index contributed by atoms with van der Waals surface area (Å²) >= 11 is 0. The van der Waals surface area contributed by atoms with Gasteiger partial charge in [0.1, 0.15) is 47.7 Å². The van der Waals surface area contributed by atoms with Crippen molar-refractivity contribution in [1.29, 1.82) is 0 Å². The van der Waals surface area contributed by atoms with Crippen LogP contribution in [0.4, 0.5) is 14.9 Å². The first-order valence-electron chi connectivity index (χ1n) is 17.3. The van der Waals surface area contributed by atoms with E-state index >= 15 is 4.39 Å². The van der Waals surface area contributed by atoms with Gasteiger partial charge in [0.2, 0.25) is 0 Å². The van der Waals surface area contributed by atoms with Crippen LogP contribution in [0, 0.1) is 5.82 Å². The summed E-state index contributed by atoms with van der Waals surface area (Å²) in [5, 5.41) is 15.2. The second kappa shape index (κ2) is 17.9. The third-order valence-electron chi connectivity index (χ3n) is 8.07. The molecule has 0 bridgehead atoms. The van der Waals surface area contributed by atoms with E-state index < -0.39 is 46.5 Å². The number of rotatable bonds is 16. The van der Waals surface area contributed by atoms with Gasteiger partial charge >= 0.3 is 6.09 Å². The Morgan fingerprint density at radius 1 is 0.815 bits per heavy atom. The average Bonchev–Trinajstić information content (AvgIpc) is 3.16. The molecule has 0 aromatic heterocycles. The van der Waals surface area contributed by atoms with E-state index in [2.05, 4.69) is 5.32 Å². The van der Waals surface area contributed by atoms with Crippen molar-refractivity contribution in [2.24, 2.45) is 0 Å². The van der Waals surface area contributed by atoms with Crippen molar-refractivity contribution < 1.29 is 41.5 Å². The summed E-state index contributed by atoms with van der Waals surface area (Å²) in [4.78, 5) is 13.0. The summed E-state index contributed by atoms with van der Waals surface area (Å²) in [6.07, 6.45) is -1.58. The Labute approximate surface area is 315 Å². The number of aliphatic hydroxyl groups excluding tert-OH is 1. The Bertz CT molecular complexity index is 2090. The maximum Gasteiger partial charge on any atom is 0.429 e. The van der Waals surface area contributed by atoms with Gasteiger partial charge in [-0.05, 0) is 75.7 Å². The molecule has 0 saturated carbocycles. The molecule has 5 aromatic carbocycles. The Morgan fingerprint density at radius 3 is 1.94 bits per heavy atom. The summed E-state index contributed by atoms with van der Waals surface area (Å²) < 4.78 is 73.9. The summed E-state index contributed by atoms with van der Waals surface area (Å²) in [5.41, 5.74) is -0.635. The van der Waals surface area contributed by atoms with Crippen LogP contribution in [0.5, 0.6) is 11.5 Å². The molecule has 1 amide bonds. The largest absolute Gasteiger partial charge is 0.491 e. The highest BCUT2D eigenvalue weighted by Crippen LogP contribution is 2.43. The van der Waals surface area contributed by atoms with Gasteiger partial charge in [-0.15, -0.1) is 0 Å². The van der Waals surface area contributed by atoms with Crippen molar-refractivity contribution in [2.75, 3.05) is 30.3 Å². The Hall–Kier alpha value is -5.00. The molecule has 0 unspecified atom stereocenters. The minimum absolute atomic E-state index is 0.0237. The first kappa shape index (κ1) is 40.2. The molecule has 2 N–H and O–H groups in total. The van der Waals surface area contributed by atoms with Gasteiger partial charge in [0.15, 0.2) is 7.14 Å².